The van der Waals surface area contributed by atoms with Crippen LogP contribution in [0.4, 0.5) is 0 Å². The fraction of sp³-hybridized carbons (Fsp3) is 0.550. The van der Waals surface area contributed by atoms with Gasteiger partial charge in [-0.15, -0.1) is 0 Å². The molecule has 1 saturated heterocycles. The van der Waals surface area contributed by atoms with E-state index in [1.807, 2.05) is 24.3 Å². The lowest BCUT2D eigenvalue weighted by Gasteiger charge is -2.39. The molecule has 2 atom stereocenters. The van der Waals surface area contributed by atoms with Crippen LogP contribution in [0.1, 0.15) is 36.2 Å². The van der Waals surface area contributed by atoms with Crippen LogP contribution in [0.3, 0.4) is 0 Å². The molecule has 2 N–H and O–H groups in total. The molecule has 0 bridgehead atoms. The fourth-order valence-electron chi connectivity index (χ4n) is 4.59. The summed E-state index contributed by atoms with van der Waals surface area (Å²) in [6.45, 7) is 1.03. The average molecular weight is 434 g/mol. The van der Waals surface area contributed by atoms with Crippen LogP contribution >= 0.6 is 0 Å². The number of hydrogen-bond acceptors (Lipinski definition) is 5. The molecule has 2 heterocycles. The third kappa shape index (κ3) is 4.06. The van der Waals surface area contributed by atoms with Crippen molar-refractivity contribution in [2.24, 2.45) is 5.92 Å². The normalized spacial score (nSPS) is 24.3. The van der Waals surface area contributed by atoms with E-state index in [9.17, 15) is 18.0 Å². The number of carbonyl (C=O) groups is 2. The molecule has 1 aromatic heterocycles. The van der Waals surface area contributed by atoms with Gasteiger partial charge in [0.25, 0.3) is 5.91 Å². The predicted molar refractivity (Wildman–Crippen MR) is 112 cm³/mol. The van der Waals surface area contributed by atoms with Crippen LogP contribution in [0.15, 0.2) is 24.3 Å². The number of rotatable bonds is 2. The Morgan fingerprint density at radius 3 is 2.70 bits per heavy atom. The quantitative estimate of drug-likeness (QED) is 0.732. The van der Waals surface area contributed by atoms with Crippen LogP contribution in [-0.2, 0) is 14.8 Å². The second-order valence-corrected chi connectivity index (χ2v) is 9.97. The number of H-pyrrole nitrogens is 1. The minimum atomic E-state index is -3.53. The van der Waals surface area contributed by atoms with Crippen LogP contribution in [0.2, 0.25) is 0 Å². The SMILES string of the molecule is CS(=O)(=O)N1CCN(C(=O)c2n[nH]c3ccccc23)CCNC(=O)C2CCCCC21. The summed E-state index contributed by atoms with van der Waals surface area (Å²) in [6, 6.07) is 7.00. The lowest BCUT2D eigenvalue weighted by molar-refractivity contribution is -0.127. The first-order valence-corrected chi connectivity index (χ1v) is 12.2. The Bertz CT molecular complexity index is 1050. The van der Waals surface area contributed by atoms with Gasteiger partial charge in [-0.1, -0.05) is 31.0 Å². The highest BCUT2D eigenvalue weighted by Crippen LogP contribution is 2.30. The summed E-state index contributed by atoms with van der Waals surface area (Å²) in [7, 11) is -3.53. The molecule has 2 aliphatic rings. The summed E-state index contributed by atoms with van der Waals surface area (Å²) < 4.78 is 26.6. The highest BCUT2D eigenvalue weighted by atomic mass is 32.2. The fourth-order valence-corrected chi connectivity index (χ4v) is 5.75. The van der Waals surface area contributed by atoms with Crippen LogP contribution in [0.5, 0.6) is 0 Å². The Kier molecular flexibility index (Phi) is 5.79. The van der Waals surface area contributed by atoms with Crippen molar-refractivity contribution in [2.75, 3.05) is 32.4 Å². The number of sulfonamides is 1. The van der Waals surface area contributed by atoms with Gasteiger partial charge in [-0.25, -0.2) is 8.42 Å². The minimum Gasteiger partial charge on any atom is -0.354 e. The first kappa shape index (κ1) is 20.8. The van der Waals surface area contributed by atoms with Gasteiger partial charge in [-0.05, 0) is 18.9 Å². The lowest BCUT2D eigenvalue weighted by Crippen LogP contribution is -2.55. The van der Waals surface area contributed by atoms with Gasteiger partial charge < -0.3 is 10.2 Å². The molecule has 2 aromatic rings. The van der Waals surface area contributed by atoms with Crippen LogP contribution in [-0.4, -0.2) is 78.1 Å². The Morgan fingerprint density at radius 2 is 1.90 bits per heavy atom. The minimum absolute atomic E-state index is 0.132. The lowest BCUT2D eigenvalue weighted by atomic mass is 9.83. The standard InChI is InChI=1S/C20H27N5O4S/c1-30(28,29)25-13-12-24(11-10-21-19(26)15-7-3-5-9-17(15)25)20(27)18-14-6-2-4-8-16(14)22-23-18/h2,4,6,8,15,17H,3,5,7,9-13H2,1H3,(H,21,26)(H,22,23). The molecule has 1 aliphatic carbocycles. The van der Waals surface area contributed by atoms with Crippen LogP contribution in [0.25, 0.3) is 10.9 Å². The number of carbonyl (C=O) groups excluding carboxylic acids is 2. The number of nitrogens with zero attached hydrogens (tertiary/aromatic N) is 3. The monoisotopic (exact) mass is 433 g/mol. The predicted octanol–water partition coefficient (Wildman–Crippen LogP) is 0.955. The number of hydrogen-bond donors (Lipinski definition) is 2. The number of aromatic amines is 1. The molecule has 0 radical (unpaired) electrons. The second kappa shape index (κ2) is 8.35. The van der Waals surface area contributed by atoms with E-state index in [4.69, 9.17) is 0 Å². The van der Waals surface area contributed by atoms with E-state index in [0.717, 1.165) is 23.7 Å². The number of para-hydroxylation sites is 1. The molecule has 1 saturated carbocycles. The third-order valence-electron chi connectivity index (χ3n) is 6.09. The molecule has 1 aliphatic heterocycles. The molecule has 30 heavy (non-hydrogen) atoms. The van der Waals surface area contributed by atoms with E-state index in [-0.39, 0.29) is 36.9 Å². The number of amides is 2. The van der Waals surface area contributed by atoms with Crippen molar-refractivity contribution in [1.82, 2.24) is 24.7 Å². The second-order valence-electron chi connectivity index (χ2n) is 8.03. The van der Waals surface area contributed by atoms with E-state index in [2.05, 4.69) is 15.5 Å². The van der Waals surface area contributed by atoms with E-state index in [1.54, 1.807) is 4.90 Å². The van der Waals surface area contributed by atoms with Crippen LogP contribution < -0.4 is 5.32 Å². The average Bonchev–Trinajstić information content (AvgIpc) is 3.15. The molecule has 162 valence electrons. The Morgan fingerprint density at radius 1 is 1.13 bits per heavy atom. The van der Waals surface area contributed by atoms with Gasteiger partial charge in [0, 0.05) is 37.6 Å². The van der Waals surface area contributed by atoms with Crippen molar-refractivity contribution >= 4 is 32.7 Å². The number of benzene rings is 1. The van der Waals surface area contributed by atoms with E-state index in [1.165, 1.54) is 10.6 Å². The third-order valence-corrected chi connectivity index (χ3v) is 7.40. The number of nitrogens with one attached hydrogen (secondary N) is 2. The van der Waals surface area contributed by atoms with Crippen molar-refractivity contribution in [1.29, 1.82) is 0 Å². The van der Waals surface area contributed by atoms with Crippen molar-refractivity contribution in [3.63, 3.8) is 0 Å². The molecule has 1 aromatic carbocycles. The summed E-state index contributed by atoms with van der Waals surface area (Å²) >= 11 is 0. The van der Waals surface area contributed by atoms with Gasteiger partial charge in [0.1, 0.15) is 0 Å². The molecule has 0 spiro atoms. The maximum Gasteiger partial charge on any atom is 0.275 e. The zero-order chi connectivity index (χ0) is 21.3. The van der Waals surface area contributed by atoms with Gasteiger partial charge in [0.15, 0.2) is 5.69 Å². The summed E-state index contributed by atoms with van der Waals surface area (Å²) in [5, 5.41) is 10.7. The molecule has 2 fully saturated rings. The van der Waals surface area contributed by atoms with E-state index >= 15 is 0 Å². The molecule has 10 heteroatoms. The smallest absolute Gasteiger partial charge is 0.275 e. The zero-order valence-corrected chi connectivity index (χ0v) is 17.8. The first-order valence-electron chi connectivity index (χ1n) is 10.3. The molecule has 4 rings (SSSR count). The topological polar surface area (TPSA) is 115 Å². The molecule has 9 nitrogen and oxygen atoms in total. The largest absolute Gasteiger partial charge is 0.354 e. The van der Waals surface area contributed by atoms with Crippen molar-refractivity contribution in [3.8, 4) is 0 Å². The van der Waals surface area contributed by atoms with Gasteiger partial charge in [0.05, 0.1) is 17.7 Å². The maximum atomic E-state index is 13.2. The maximum absolute atomic E-state index is 13.2. The van der Waals surface area contributed by atoms with Crippen molar-refractivity contribution in [3.05, 3.63) is 30.0 Å². The Hall–Kier alpha value is -2.46. The summed E-state index contributed by atoms with van der Waals surface area (Å²) in [5.41, 5.74) is 1.06. The summed E-state index contributed by atoms with van der Waals surface area (Å²) in [5.74, 6) is -0.755. The molecule has 2 unspecified atom stereocenters. The summed E-state index contributed by atoms with van der Waals surface area (Å²) in [6.07, 6.45) is 4.33. The Balaban J connectivity index is 1.62. The van der Waals surface area contributed by atoms with E-state index < -0.39 is 10.0 Å². The van der Waals surface area contributed by atoms with Crippen molar-refractivity contribution in [2.45, 2.75) is 31.7 Å². The number of fused-ring (bicyclic) bond motifs is 2. The van der Waals surface area contributed by atoms with Gasteiger partial charge in [0.2, 0.25) is 15.9 Å². The first-order chi connectivity index (χ1) is 14.4. The van der Waals surface area contributed by atoms with Gasteiger partial charge >= 0.3 is 0 Å². The molecule has 2 amide bonds. The Labute approximate surface area is 175 Å². The summed E-state index contributed by atoms with van der Waals surface area (Å²) in [4.78, 5) is 27.6. The van der Waals surface area contributed by atoms with Gasteiger partial charge in [-0.2, -0.15) is 9.40 Å². The molecular weight excluding hydrogens is 406 g/mol. The number of aromatic nitrogens is 2. The van der Waals surface area contributed by atoms with Crippen LogP contribution in [0, 0.1) is 5.92 Å². The van der Waals surface area contributed by atoms with E-state index in [0.29, 0.717) is 31.6 Å². The van der Waals surface area contributed by atoms with Crippen molar-refractivity contribution < 1.29 is 18.0 Å². The zero-order valence-electron chi connectivity index (χ0n) is 17.0. The van der Waals surface area contributed by atoms with Gasteiger partial charge in [-0.3, -0.25) is 14.7 Å². The highest BCUT2D eigenvalue weighted by molar-refractivity contribution is 7.88. The highest BCUT2D eigenvalue weighted by Gasteiger charge is 2.39. The molecular formula is C20H27N5O4S.